The SMILES string of the molecule is c1ccc(/N=C2/OCCN2c2ccccc2)cc1. The van der Waals surface area contributed by atoms with Gasteiger partial charge in [-0.1, -0.05) is 36.4 Å². The molecule has 0 unspecified atom stereocenters. The van der Waals surface area contributed by atoms with Crippen LogP contribution < -0.4 is 4.90 Å². The first-order valence-electron chi connectivity index (χ1n) is 6.02. The minimum atomic E-state index is 0.674. The highest BCUT2D eigenvalue weighted by Gasteiger charge is 2.21. The van der Waals surface area contributed by atoms with Gasteiger partial charge in [-0.15, -0.1) is 0 Å². The Balaban J connectivity index is 1.90. The Bertz CT molecular complexity index is 537. The fraction of sp³-hybridized carbons (Fsp3) is 0.133. The van der Waals surface area contributed by atoms with E-state index in [2.05, 4.69) is 22.0 Å². The van der Waals surface area contributed by atoms with Crippen molar-refractivity contribution in [2.75, 3.05) is 18.1 Å². The molecular formula is C15H14N2O. The van der Waals surface area contributed by atoms with Gasteiger partial charge in [0.25, 0.3) is 6.02 Å². The molecular weight excluding hydrogens is 224 g/mol. The quantitative estimate of drug-likeness (QED) is 0.802. The van der Waals surface area contributed by atoms with Gasteiger partial charge in [-0.05, 0) is 24.3 Å². The van der Waals surface area contributed by atoms with E-state index in [1.807, 2.05) is 48.5 Å². The van der Waals surface area contributed by atoms with Crippen molar-refractivity contribution in [1.82, 2.24) is 0 Å². The smallest absolute Gasteiger partial charge is 0.297 e. The second kappa shape index (κ2) is 4.92. The number of para-hydroxylation sites is 2. The molecule has 90 valence electrons. The van der Waals surface area contributed by atoms with Crippen LogP contribution in [0.15, 0.2) is 65.7 Å². The minimum absolute atomic E-state index is 0.674. The highest BCUT2D eigenvalue weighted by atomic mass is 16.5. The Hall–Kier alpha value is -2.29. The van der Waals surface area contributed by atoms with Crippen LogP contribution in [0.5, 0.6) is 0 Å². The van der Waals surface area contributed by atoms with Crippen LogP contribution in [0.2, 0.25) is 0 Å². The van der Waals surface area contributed by atoms with Crippen LogP contribution in [-0.2, 0) is 4.74 Å². The lowest BCUT2D eigenvalue weighted by Crippen LogP contribution is -2.24. The molecule has 3 nitrogen and oxygen atoms in total. The fourth-order valence-corrected chi connectivity index (χ4v) is 1.95. The van der Waals surface area contributed by atoms with E-state index in [4.69, 9.17) is 4.74 Å². The standard InChI is InChI=1S/C15H14N2O/c1-3-7-13(8-4-1)16-15-17(11-12-18-15)14-9-5-2-6-10-14/h1-10H,11-12H2/b16-15+. The van der Waals surface area contributed by atoms with Crippen LogP contribution in [0.3, 0.4) is 0 Å². The Morgan fingerprint density at radius 1 is 0.889 bits per heavy atom. The minimum Gasteiger partial charge on any atom is -0.463 e. The van der Waals surface area contributed by atoms with Crippen molar-refractivity contribution in [1.29, 1.82) is 0 Å². The molecule has 0 aromatic heterocycles. The zero-order valence-corrected chi connectivity index (χ0v) is 9.99. The van der Waals surface area contributed by atoms with E-state index in [1.165, 1.54) is 0 Å². The van der Waals surface area contributed by atoms with Crippen molar-refractivity contribution in [3.63, 3.8) is 0 Å². The Labute approximate surface area is 106 Å². The number of amidine groups is 1. The molecule has 0 atom stereocenters. The lowest BCUT2D eigenvalue weighted by atomic mass is 10.3. The largest absolute Gasteiger partial charge is 0.463 e. The number of hydrogen-bond donors (Lipinski definition) is 0. The van der Waals surface area contributed by atoms with Crippen LogP contribution in [0.1, 0.15) is 0 Å². The van der Waals surface area contributed by atoms with E-state index in [0.717, 1.165) is 17.9 Å². The van der Waals surface area contributed by atoms with Crippen LogP contribution >= 0.6 is 0 Å². The van der Waals surface area contributed by atoms with Gasteiger partial charge in [-0.3, -0.25) is 4.90 Å². The van der Waals surface area contributed by atoms with Crippen molar-refractivity contribution in [2.24, 2.45) is 4.99 Å². The van der Waals surface area contributed by atoms with Crippen molar-refractivity contribution in [3.05, 3.63) is 60.7 Å². The topological polar surface area (TPSA) is 24.8 Å². The van der Waals surface area contributed by atoms with Crippen LogP contribution in [0.4, 0.5) is 11.4 Å². The van der Waals surface area contributed by atoms with E-state index < -0.39 is 0 Å². The third-order valence-corrected chi connectivity index (χ3v) is 2.83. The number of benzene rings is 2. The predicted molar refractivity (Wildman–Crippen MR) is 73.3 cm³/mol. The number of anilines is 1. The van der Waals surface area contributed by atoms with E-state index >= 15 is 0 Å². The fourth-order valence-electron chi connectivity index (χ4n) is 1.95. The van der Waals surface area contributed by atoms with Gasteiger partial charge in [0, 0.05) is 5.69 Å². The van der Waals surface area contributed by atoms with Crippen LogP contribution in [0, 0.1) is 0 Å². The number of rotatable bonds is 2. The van der Waals surface area contributed by atoms with Gasteiger partial charge in [0.15, 0.2) is 0 Å². The first-order valence-corrected chi connectivity index (χ1v) is 6.02. The molecule has 3 heteroatoms. The first kappa shape index (κ1) is 10.8. The molecule has 1 saturated heterocycles. The van der Waals surface area contributed by atoms with E-state index in [-0.39, 0.29) is 0 Å². The van der Waals surface area contributed by atoms with Crippen LogP contribution in [0.25, 0.3) is 0 Å². The molecule has 2 aromatic carbocycles. The van der Waals surface area contributed by atoms with E-state index in [9.17, 15) is 0 Å². The second-order valence-corrected chi connectivity index (χ2v) is 4.07. The zero-order chi connectivity index (χ0) is 12.2. The third kappa shape index (κ3) is 2.20. The summed E-state index contributed by atoms with van der Waals surface area (Å²) in [5.74, 6) is 0. The van der Waals surface area contributed by atoms with Gasteiger partial charge in [0.05, 0.1) is 12.2 Å². The normalized spacial score (nSPS) is 16.9. The summed E-state index contributed by atoms with van der Waals surface area (Å²) in [6.45, 7) is 1.52. The van der Waals surface area contributed by atoms with E-state index in [0.29, 0.717) is 12.6 Å². The molecule has 1 heterocycles. The van der Waals surface area contributed by atoms with Crippen molar-refractivity contribution in [2.45, 2.75) is 0 Å². The molecule has 0 amide bonds. The second-order valence-electron chi connectivity index (χ2n) is 4.07. The van der Waals surface area contributed by atoms with Crippen molar-refractivity contribution in [3.8, 4) is 0 Å². The number of nitrogens with zero attached hydrogens (tertiary/aromatic N) is 2. The predicted octanol–water partition coefficient (Wildman–Crippen LogP) is 3.21. The number of ether oxygens (including phenoxy) is 1. The van der Waals surface area contributed by atoms with Gasteiger partial charge in [0.2, 0.25) is 0 Å². The summed E-state index contributed by atoms with van der Waals surface area (Å²) in [4.78, 5) is 6.63. The molecule has 1 aliphatic rings. The molecule has 1 aliphatic heterocycles. The molecule has 2 aromatic rings. The summed E-state index contributed by atoms with van der Waals surface area (Å²) < 4.78 is 5.60. The summed E-state index contributed by atoms with van der Waals surface area (Å²) in [5.41, 5.74) is 2.03. The number of hydrogen-bond acceptors (Lipinski definition) is 2. The van der Waals surface area contributed by atoms with Gasteiger partial charge in [-0.25, -0.2) is 0 Å². The van der Waals surface area contributed by atoms with Gasteiger partial charge in [-0.2, -0.15) is 4.99 Å². The first-order chi connectivity index (χ1) is 8.93. The Morgan fingerprint density at radius 3 is 2.28 bits per heavy atom. The maximum atomic E-state index is 5.60. The van der Waals surface area contributed by atoms with Gasteiger partial charge >= 0.3 is 0 Å². The Morgan fingerprint density at radius 2 is 1.56 bits per heavy atom. The molecule has 0 saturated carbocycles. The zero-order valence-electron chi connectivity index (χ0n) is 9.99. The molecule has 0 bridgehead atoms. The summed E-state index contributed by atoms with van der Waals surface area (Å²) >= 11 is 0. The van der Waals surface area contributed by atoms with E-state index in [1.54, 1.807) is 0 Å². The maximum Gasteiger partial charge on any atom is 0.297 e. The molecule has 1 fully saturated rings. The lowest BCUT2D eigenvalue weighted by molar-refractivity contribution is 0.353. The average molecular weight is 238 g/mol. The molecule has 18 heavy (non-hydrogen) atoms. The average Bonchev–Trinajstić information content (AvgIpc) is 2.89. The van der Waals surface area contributed by atoms with Gasteiger partial charge in [0.1, 0.15) is 6.61 Å². The summed E-state index contributed by atoms with van der Waals surface area (Å²) in [5, 5.41) is 0. The summed E-state index contributed by atoms with van der Waals surface area (Å²) in [6, 6.07) is 20.7. The van der Waals surface area contributed by atoms with Gasteiger partial charge < -0.3 is 4.74 Å². The summed E-state index contributed by atoms with van der Waals surface area (Å²) in [6.07, 6.45) is 0. The van der Waals surface area contributed by atoms with Crippen molar-refractivity contribution >= 4 is 17.4 Å². The molecule has 3 rings (SSSR count). The monoisotopic (exact) mass is 238 g/mol. The molecule has 0 N–H and O–H groups in total. The number of aliphatic imine (C=N–C) groups is 1. The molecule has 0 spiro atoms. The highest BCUT2D eigenvalue weighted by molar-refractivity contribution is 5.94. The third-order valence-electron chi connectivity index (χ3n) is 2.83. The lowest BCUT2D eigenvalue weighted by Gasteiger charge is -2.15. The molecule has 0 radical (unpaired) electrons. The van der Waals surface area contributed by atoms with Crippen molar-refractivity contribution < 1.29 is 4.74 Å². The summed E-state index contributed by atoms with van der Waals surface area (Å²) in [7, 11) is 0. The Kier molecular flexibility index (Phi) is 2.96. The maximum absolute atomic E-state index is 5.60. The highest BCUT2D eigenvalue weighted by Crippen LogP contribution is 2.20. The molecule has 0 aliphatic carbocycles. The van der Waals surface area contributed by atoms with Crippen LogP contribution in [-0.4, -0.2) is 19.2 Å².